The monoisotopic (exact) mass is 243 g/mol. The molecule has 0 saturated carbocycles. The summed E-state index contributed by atoms with van der Waals surface area (Å²) in [6, 6.07) is 0. The highest BCUT2D eigenvalue weighted by atomic mass is 32.1. The standard InChI is InChI=1S/C10H17N3O2S/c1-15-4-2-3-13-10(14)7-11-5-9-6-12-8-16-9/h6,8,11H,2-5,7H2,1H3,(H,13,14). The third-order valence-corrected chi connectivity index (χ3v) is 2.70. The number of rotatable bonds is 8. The highest BCUT2D eigenvalue weighted by Gasteiger charge is 2.00. The van der Waals surface area contributed by atoms with Gasteiger partial charge in [-0.3, -0.25) is 9.78 Å². The molecule has 0 aliphatic rings. The average molecular weight is 243 g/mol. The second-order valence-corrected chi connectivity index (χ2v) is 4.24. The smallest absolute Gasteiger partial charge is 0.233 e. The van der Waals surface area contributed by atoms with E-state index in [-0.39, 0.29) is 5.91 Å². The molecule has 1 aromatic rings. The number of carbonyl (C=O) groups is 1. The van der Waals surface area contributed by atoms with Crippen molar-refractivity contribution in [2.45, 2.75) is 13.0 Å². The van der Waals surface area contributed by atoms with Gasteiger partial charge in [-0.25, -0.2) is 0 Å². The summed E-state index contributed by atoms with van der Waals surface area (Å²) < 4.78 is 4.88. The fourth-order valence-corrected chi connectivity index (χ4v) is 1.70. The zero-order valence-corrected chi connectivity index (χ0v) is 10.2. The lowest BCUT2D eigenvalue weighted by Gasteiger charge is -2.05. The number of nitrogens with zero attached hydrogens (tertiary/aromatic N) is 1. The minimum absolute atomic E-state index is 0.0145. The predicted molar refractivity (Wildman–Crippen MR) is 63.3 cm³/mol. The van der Waals surface area contributed by atoms with Crippen LogP contribution in [0.25, 0.3) is 0 Å². The van der Waals surface area contributed by atoms with Gasteiger partial charge < -0.3 is 15.4 Å². The van der Waals surface area contributed by atoms with Crippen molar-refractivity contribution in [2.75, 3.05) is 26.8 Å². The summed E-state index contributed by atoms with van der Waals surface area (Å²) in [5.74, 6) is 0.0145. The summed E-state index contributed by atoms with van der Waals surface area (Å²) in [6.45, 7) is 2.37. The van der Waals surface area contributed by atoms with Crippen LogP contribution < -0.4 is 10.6 Å². The van der Waals surface area contributed by atoms with Crippen molar-refractivity contribution in [1.29, 1.82) is 0 Å². The molecule has 16 heavy (non-hydrogen) atoms. The van der Waals surface area contributed by atoms with Gasteiger partial charge in [0.1, 0.15) is 0 Å². The van der Waals surface area contributed by atoms with Crippen LogP contribution in [-0.4, -0.2) is 37.7 Å². The topological polar surface area (TPSA) is 63.2 Å². The zero-order valence-electron chi connectivity index (χ0n) is 9.36. The molecule has 1 amide bonds. The second kappa shape index (κ2) is 8.20. The van der Waals surface area contributed by atoms with E-state index in [2.05, 4.69) is 15.6 Å². The molecule has 6 heteroatoms. The van der Waals surface area contributed by atoms with Gasteiger partial charge in [0.05, 0.1) is 12.1 Å². The second-order valence-electron chi connectivity index (χ2n) is 3.27. The first-order chi connectivity index (χ1) is 7.83. The number of ether oxygens (including phenoxy) is 1. The van der Waals surface area contributed by atoms with Crippen molar-refractivity contribution >= 4 is 17.2 Å². The Labute approximate surface area is 99.2 Å². The van der Waals surface area contributed by atoms with E-state index in [1.54, 1.807) is 30.2 Å². The number of carbonyl (C=O) groups excluding carboxylic acids is 1. The Kier molecular flexibility index (Phi) is 6.71. The normalized spacial score (nSPS) is 10.3. The van der Waals surface area contributed by atoms with E-state index in [4.69, 9.17) is 4.74 Å². The first-order valence-corrected chi connectivity index (χ1v) is 6.04. The van der Waals surface area contributed by atoms with Crippen LogP contribution in [0.4, 0.5) is 0 Å². The van der Waals surface area contributed by atoms with Crippen molar-refractivity contribution in [3.8, 4) is 0 Å². The number of methoxy groups -OCH3 is 1. The number of aromatic nitrogens is 1. The lowest BCUT2D eigenvalue weighted by atomic mass is 10.4. The van der Waals surface area contributed by atoms with Gasteiger partial charge in [0, 0.05) is 37.9 Å². The lowest BCUT2D eigenvalue weighted by Crippen LogP contribution is -2.34. The highest BCUT2D eigenvalue weighted by Crippen LogP contribution is 2.03. The lowest BCUT2D eigenvalue weighted by molar-refractivity contribution is -0.120. The molecule has 90 valence electrons. The maximum absolute atomic E-state index is 11.3. The van der Waals surface area contributed by atoms with Gasteiger partial charge in [-0.15, -0.1) is 11.3 Å². The molecular formula is C10H17N3O2S. The predicted octanol–water partition coefficient (Wildman–Crippen LogP) is 0.385. The summed E-state index contributed by atoms with van der Waals surface area (Å²) >= 11 is 1.58. The van der Waals surface area contributed by atoms with E-state index < -0.39 is 0 Å². The number of hydrogen-bond acceptors (Lipinski definition) is 5. The molecule has 0 bridgehead atoms. The molecule has 1 heterocycles. The molecule has 2 N–H and O–H groups in total. The van der Waals surface area contributed by atoms with E-state index in [0.29, 0.717) is 26.2 Å². The van der Waals surface area contributed by atoms with Crippen LogP contribution in [0.2, 0.25) is 0 Å². The van der Waals surface area contributed by atoms with Crippen LogP contribution in [0.3, 0.4) is 0 Å². The Hall–Kier alpha value is -0.980. The largest absolute Gasteiger partial charge is 0.385 e. The van der Waals surface area contributed by atoms with Crippen molar-refractivity contribution in [3.63, 3.8) is 0 Å². The Morgan fingerprint density at radius 2 is 2.50 bits per heavy atom. The fraction of sp³-hybridized carbons (Fsp3) is 0.600. The van der Waals surface area contributed by atoms with Gasteiger partial charge in [0.25, 0.3) is 0 Å². The van der Waals surface area contributed by atoms with Crippen LogP contribution >= 0.6 is 11.3 Å². The van der Waals surface area contributed by atoms with E-state index in [0.717, 1.165) is 11.3 Å². The number of nitrogens with one attached hydrogen (secondary N) is 2. The SMILES string of the molecule is COCCCNC(=O)CNCc1cncs1. The quantitative estimate of drug-likeness (QED) is 0.648. The van der Waals surface area contributed by atoms with Gasteiger partial charge in [-0.1, -0.05) is 0 Å². The van der Waals surface area contributed by atoms with E-state index in [1.165, 1.54) is 0 Å². The van der Waals surface area contributed by atoms with Gasteiger partial charge >= 0.3 is 0 Å². The van der Waals surface area contributed by atoms with E-state index in [1.807, 2.05) is 0 Å². The zero-order chi connectivity index (χ0) is 11.6. The van der Waals surface area contributed by atoms with Crippen LogP contribution in [0, 0.1) is 0 Å². The number of thiazole rings is 1. The van der Waals surface area contributed by atoms with Gasteiger partial charge in [-0.2, -0.15) is 0 Å². The first kappa shape index (κ1) is 13.1. The van der Waals surface area contributed by atoms with E-state index >= 15 is 0 Å². The Morgan fingerprint density at radius 3 is 3.19 bits per heavy atom. The summed E-state index contributed by atoms with van der Waals surface area (Å²) in [5, 5.41) is 5.86. The van der Waals surface area contributed by atoms with Crippen LogP contribution in [0.15, 0.2) is 11.7 Å². The van der Waals surface area contributed by atoms with E-state index in [9.17, 15) is 4.79 Å². The van der Waals surface area contributed by atoms with Crippen LogP contribution in [-0.2, 0) is 16.1 Å². The Bertz CT molecular complexity index is 290. The fourth-order valence-electron chi connectivity index (χ4n) is 1.14. The first-order valence-electron chi connectivity index (χ1n) is 5.16. The minimum atomic E-state index is 0.0145. The molecule has 5 nitrogen and oxygen atoms in total. The molecule has 0 radical (unpaired) electrons. The Morgan fingerprint density at radius 1 is 1.62 bits per heavy atom. The molecule has 0 aromatic carbocycles. The average Bonchev–Trinajstić information content (AvgIpc) is 2.77. The molecule has 0 unspecified atom stereocenters. The maximum Gasteiger partial charge on any atom is 0.233 e. The van der Waals surface area contributed by atoms with Crippen molar-refractivity contribution in [1.82, 2.24) is 15.6 Å². The van der Waals surface area contributed by atoms with Gasteiger partial charge in [-0.05, 0) is 6.42 Å². The van der Waals surface area contributed by atoms with Crippen LogP contribution in [0.5, 0.6) is 0 Å². The van der Waals surface area contributed by atoms with Crippen molar-refractivity contribution in [2.24, 2.45) is 0 Å². The molecule has 0 aliphatic heterocycles. The molecule has 0 spiro atoms. The third kappa shape index (κ3) is 5.79. The van der Waals surface area contributed by atoms with Gasteiger partial charge in [0.15, 0.2) is 0 Å². The molecule has 0 atom stereocenters. The molecule has 0 saturated heterocycles. The number of amides is 1. The summed E-state index contributed by atoms with van der Waals surface area (Å²) in [7, 11) is 1.65. The van der Waals surface area contributed by atoms with Crippen molar-refractivity contribution < 1.29 is 9.53 Å². The maximum atomic E-state index is 11.3. The summed E-state index contributed by atoms with van der Waals surface area (Å²) in [6.07, 6.45) is 2.64. The highest BCUT2D eigenvalue weighted by molar-refractivity contribution is 7.09. The summed E-state index contributed by atoms with van der Waals surface area (Å²) in [4.78, 5) is 16.4. The van der Waals surface area contributed by atoms with Crippen molar-refractivity contribution in [3.05, 3.63) is 16.6 Å². The molecular weight excluding hydrogens is 226 g/mol. The minimum Gasteiger partial charge on any atom is -0.385 e. The Balaban J connectivity index is 1.98. The molecule has 1 rings (SSSR count). The molecule has 0 aliphatic carbocycles. The molecule has 0 fully saturated rings. The number of hydrogen-bond donors (Lipinski definition) is 2. The third-order valence-electron chi connectivity index (χ3n) is 1.92. The van der Waals surface area contributed by atoms with Crippen LogP contribution in [0.1, 0.15) is 11.3 Å². The molecule has 1 aromatic heterocycles. The summed E-state index contributed by atoms with van der Waals surface area (Å²) in [5.41, 5.74) is 1.78. The van der Waals surface area contributed by atoms with Gasteiger partial charge in [0.2, 0.25) is 5.91 Å².